The summed E-state index contributed by atoms with van der Waals surface area (Å²) in [6, 6.07) is 9.16. The Labute approximate surface area is 125 Å². The number of hydrogen-bond acceptors (Lipinski definition) is 2. The molecule has 5 heteroatoms. The van der Waals surface area contributed by atoms with Crippen molar-refractivity contribution in [3.63, 3.8) is 0 Å². The minimum absolute atomic E-state index is 0.338. The first-order chi connectivity index (χ1) is 9.54. The van der Waals surface area contributed by atoms with E-state index in [4.69, 9.17) is 27.9 Å². The SMILES string of the molecule is OC1CC(c2cc(Cl)ccc2Cl)Oc2cc(F)ccc21. The van der Waals surface area contributed by atoms with E-state index in [2.05, 4.69) is 0 Å². The third-order valence-electron chi connectivity index (χ3n) is 3.35. The molecule has 3 rings (SSSR count). The van der Waals surface area contributed by atoms with Crippen LogP contribution in [0.1, 0.15) is 29.8 Å². The zero-order chi connectivity index (χ0) is 14.3. The van der Waals surface area contributed by atoms with Gasteiger partial charge in [-0.25, -0.2) is 4.39 Å². The molecule has 0 radical (unpaired) electrons. The predicted octanol–water partition coefficient (Wildman–Crippen LogP) is 4.69. The maximum atomic E-state index is 13.3. The largest absolute Gasteiger partial charge is 0.485 e. The van der Waals surface area contributed by atoms with Crippen LogP contribution in [0.4, 0.5) is 4.39 Å². The highest BCUT2D eigenvalue weighted by molar-refractivity contribution is 6.33. The summed E-state index contributed by atoms with van der Waals surface area (Å²) in [5.41, 5.74) is 1.27. The van der Waals surface area contributed by atoms with E-state index in [-0.39, 0.29) is 0 Å². The van der Waals surface area contributed by atoms with Crippen molar-refractivity contribution >= 4 is 23.2 Å². The molecule has 0 aromatic heterocycles. The molecular formula is C15H11Cl2FO2. The fraction of sp³-hybridized carbons (Fsp3) is 0.200. The molecular weight excluding hydrogens is 302 g/mol. The quantitative estimate of drug-likeness (QED) is 0.827. The molecule has 2 nitrogen and oxygen atoms in total. The normalized spacial score (nSPS) is 21.2. The van der Waals surface area contributed by atoms with Crippen molar-refractivity contribution in [2.45, 2.75) is 18.6 Å². The number of aliphatic hydroxyl groups excluding tert-OH is 1. The number of hydrogen-bond donors (Lipinski definition) is 1. The van der Waals surface area contributed by atoms with Crippen LogP contribution in [0.3, 0.4) is 0 Å². The zero-order valence-corrected chi connectivity index (χ0v) is 11.8. The molecule has 1 aliphatic rings. The number of halogens is 3. The lowest BCUT2D eigenvalue weighted by Gasteiger charge is -2.30. The van der Waals surface area contributed by atoms with Gasteiger partial charge in [-0.3, -0.25) is 0 Å². The van der Waals surface area contributed by atoms with Crippen LogP contribution >= 0.6 is 23.2 Å². The van der Waals surface area contributed by atoms with Crippen LogP contribution in [-0.2, 0) is 0 Å². The summed E-state index contributed by atoms with van der Waals surface area (Å²) in [7, 11) is 0. The van der Waals surface area contributed by atoms with Crippen LogP contribution in [0.25, 0.3) is 0 Å². The molecule has 1 heterocycles. The molecule has 1 aliphatic heterocycles. The molecule has 2 aromatic rings. The van der Waals surface area contributed by atoms with Crippen LogP contribution in [0.15, 0.2) is 36.4 Å². The van der Waals surface area contributed by atoms with Crippen molar-refractivity contribution in [2.75, 3.05) is 0 Å². The van der Waals surface area contributed by atoms with E-state index in [1.54, 1.807) is 18.2 Å². The minimum Gasteiger partial charge on any atom is -0.485 e. The Hall–Kier alpha value is -1.29. The average Bonchev–Trinajstić information content (AvgIpc) is 2.41. The minimum atomic E-state index is -0.723. The summed E-state index contributed by atoms with van der Waals surface area (Å²) < 4.78 is 19.0. The van der Waals surface area contributed by atoms with Crippen molar-refractivity contribution in [2.24, 2.45) is 0 Å². The Morgan fingerprint density at radius 1 is 1.10 bits per heavy atom. The topological polar surface area (TPSA) is 29.5 Å². The van der Waals surface area contributed by atoms with Gasteiger partial charge in [0.05, 0.1) is 6.10 Å². The van der Waals surface area contributed by atoms with E-state index in [1.165, 1.54) is 18.2 Å². The molecule has 1 N–H and O–H groups in total. The molecule has 20 heavy (non-hydrogen) atoms. The highest BCUT2D eigenvalue weighted by atomic mass is 35.5. The van der Waals surface area contributed by atoms with Crippen molar-refractivity contribution in [3.05, 3.63) is 63.4 Å². The van der Waals surface area contributed by atoms with Gasteiger partial charge >= 0.3 is 0 Å². The van der Waals surface area contributed by atoms with Crippen molar-refractivity contribution < 1.29 is 14.2 Å². The van der Waals surface area contributed by atoms with Crippen LogP contribution in [-0.4, -0.2) is 5.11 Å². The van der Waals surface area contributed by atoms with Crippen LogP contribution in [0.2, 0.25) is 10.0 Å². The maximum absolute atomic E-state index is 13.3. The first-order valence-corrected chi connectivity index (χ1v) is 6.89. The fourth-order valence-corrected chi connectivity index (χ4v) is 2.79. The molecule has 104 valence electrons. The van der Waals surface area contributed by atoms with Crippen molar-refractivity contribution in [1.29, 1.82) is 0 Å². The summed E-state index contributed by atoms with van der Waals surface area (Å²) >= 11 is 12.1. The Morgan fingerprint density at radius 2 is 1.90 bits per heavy atom. The standard InChI is InChI=1S/C15H11Cl2FO2/c16-8-1-4-12(17)11(5-8)15-7-13(19)10-3-2-9(18)6-14(10)20-15/h1-6,13,15,19H,7H2. The van der Waals surface area contributed by atoms with Crippen LogP contribution in [0, 0.1) is 5.82 Å². The molecule has 2 aromatic carbocycles. The number of rotatable bonds is 1. The summed E-state index contributed by atoms with van der Waals surface area (Å²) in [4.78, 5) is 0. The predicted molar refractivity (Wildman–Crippen MR) is 75.8 cm³/mol. The molecule has 0 amide bonds. The average molecular weight is 313 g/mol. The lowest BCUT2D eigenvalue weighted by Crippen LogP contribution is -2.19. The molecule has 0 aliphatic carbocycles. The summed E-state index contributed by atoms with van der Waals surface area (Å²) in [6.07, 6.45) is -0.830. The Morgan fingerprint density at radius 3 is 2.70 bits per heavy atom. The highest BCUT2D eigenvalue weighted by Gasteiger charge is 2.29. The van der Waals surface area contributed by atoms with Gasteiger partial charge in [0.15, 0.2) is 0 Å². The fourth-order valence-electron chi connectivity index (χ4n) is 2.37. The van der Waals surface area contributed by atoms with Gasteiger partial charge in [-0.1, -0.05) is 23.2 Å². The van der Waals surface area contributed by atoms with Gasteiger partial charge in [0.25, 0.3) is 0 Å². The third-order valence-corrected chi connectivity index (χ3v) is 3.93. The second-order valence-electron chi connectivity index (χ2n) is 4.71. The monoisotopic (exact) mass is 312 g/mol. The molecule has 2 unspecified atom stereocenters. The van der Waals surface area contributed by atoms with Gasteiger partial charge < -0.3 is 9.84 Å². The summed E-state index contributed by atoms with van der Waals surface area (Å²) in [5.74, 6) is -0.0708. The van der Waals surface area contributed by atoms with E-state index in [0.29, 0.717) is 33.3 Å². The Bertz CT molecular complexity index is 660. The number of aliphatic hydroxyl groups is 1. The molecule has 0 spiro atoms. The first-order valence-electron chi connectivity index (χ1n) is 6.13. The van der Waals surface area contributed by atoms with Gasteiger partial charge in [-0.05, 0) is 30.3 Å². The van der Waals surface area contributed by atoms with E-state index in [0.717, 1.165) is 0 Å². The van der Waals surface area contributed by atoms with E-state index in [1.807, 2.05) is 0 Å². The lowest BCUT2D eigenvalue weighted by atomic mass is 9.95. The van der Waals surface area contributed by atoms with Gasteiger partial charge in [-0.15, -0.1) is 0 Å². The summed E-state index contributed by atoms with van der Waals surface area (Å²) in [6.45, 7) is 0. The molecule has 0 saturated carbocycles. The van der Waals surface area contributed by atoms with Gasteiger partial charge in [0.2, 0.25) is 0 Å². The van der Waals surface area contributed by atoms with E-state index >= 15 is 0 Å². The maximum Gasteiger partial charge on any atom is 0.128 e. The molecule has 0 bridgehead atoms. The zero-order valence-electron chi connectivity index (χ0n) is 10.3. The van der Waals surface area contributed by atoms with Gasteiger partial charge in [0.1, 0.15) is 17.7 Å². The smallest absolute Gasteiger partial charge is 0.128 e. The summed E-state index contributed by atoms with van der Waals surface area (Å²) in [5, 5.41) is 11.2. The Balaban J connectivity index is 2.00. The molecule has 0 saturated heterocycles. The van der Waals surface area contributed by atoms with Gasteiger partial charge in [-0.2, -0.15) is 0 Å². The first kappa shape index (κ1) is 13.7. The van der Waals surface area contributed by atoms with Crippen molar-refractivity contribution in [3.8, 4) is 5.75 Å². The number of ether oxygens (including phenoxy) is 1. The van der Waals surface area contributed by atoms with Crippen LogP contribution < -0.4 is 4.74 Å². The molecule has 2 atom stereocenters. The second kappa shape index (κ2) is 5.24. The lowest BCUT2D eigenvalue weighted by molar-refractivity contribution is 0.0654. The number of benzene rings is 2. The third kappa shape index (κ3) is 2.49. The second-order valence-corrected chi connectivity index (χ2v) is 5.55. The van der Waals surface area contributed by atoms with Crippen LogP contribution in [0.5, 0.6) is 5.75 Å². The van der Waals surface area contributed by atoms with Crippen molar-refractivity contribution in [1.82, 2.24) is 0 Å². The number of fused-ring (bicyclic) bond motifs is 1. The Kier molecular flexibility index (Phi) is 3.59. The van der Waals surface area contributed by atoms with E-state index < -0.39 is 18.0 Å². The van der Waals surface area contributed by atoms with Gasteiger partial charge in [0, 0.05) is 33.7 Å². The highest BCUT2D eigenvalue weighted by Crippen LogP contribution is 2.43. The molecule has 0 fully saturated rings. The van der Waals surface area contributed by atoms with E-state index in [9.17, 15) is 9.50 Å².